The van der Waals surface area contributed by atoms with E-state index >= 15 is 0 Å². The van der Waals surface area contributed by atoms with Gasteiger partial charge >= 0.3 is 0 Å². The molecular weight excluding hydrogens is 207 g/mol. The molecule has 13 heavy (non-hydrogen) atoms. The molecule has 0 aromatic carbocycles. The summed E-state index contributed by atoms with van der Waals surface area (Å²) in [4.78, 5) is 2.53. The van der Waals surface area contributed by atoms with E-state index in [1.807, 2.05) is 0 Å². The van der Waals surface area contributed by atoms with Crippen LogP contribution in [0.5, 0.6) is 0 Å². The fraction of sp³-hybridized carbons (Fsp3) is 1.00. The second-order valence-corrected chi connectivity index (χ2v) is 3.81. The summed E-state index contributed by atoms with van der Waals surface area (Å²) in [5, 5.41) is 0. The maximum Gasteiger partial charge on any atom is 0.00385 e. The third-order valence-electron chi connectivity index (χ3n) is 2.71. The lowest BCUT2D eigenvalue weighted by molar-refractivity contribution is 0.152. The molecule has 0 aliphatic carbocycles. The Labute approximate surface area is 94.1 Å². The first-order chi connectivity index (χ1) is 5.24. The molecular formula is C9H22Cl2N2. The zero-order valence-corrected chi connectivity index (χ0v) is 10.2. The van der Waals surface area contributed by atoms with Crippen LogP contribution in [0.1, 0.15) is 26.7 Å². The third kappa shape index (κ3) is 5.06. The van der Waals surface area contributed by atoms with E-state index in [9.17, 15) is 0 Å². The third-order valence-corrected chi connectivity index (χ3v) is 2.71. The minimum absolute atomic E-state index is 0. The van der Waals surface area contributed by atoms with E-state index in [2.05, 4.69) is 18.7 Å². The van der Waals surface area contributed by atoms with E-state index in [-0.39, 0.29) is 24.8 Å². The van der Waals surface area contributed by atoms with Crippen molar-refractivity contribution in [1.82, 2.24) is 4.90 Å². The highest BCUT2D eigenvalue weighted by Gasteiger charge is 2.18. The highest BCUT2D eigenvalue weighted by atomic mass is 35.5. The van der Waals surface area contributed by atoms with Crippen LogP contribution in [0.15, 0.2) is 0 Å². The summed E-state index contributed by atoms with van der Waals surface area (Å²) >= 11 is 0. The Balaban J connectivity index is 0. The zero-order valence-electron chi connectivity index (χ0n) is 8.53. The summed E-state index contributed by atoms with van der Waals surface area (Å²) in [5.74, 6) is 0.796. The minimum atomic E-state index is 0. The van der Waals surface area contributed by atoms with E-state index < -0.39 is 0 Å². The molecule has 1 aliphatic heterocycles. The van der Waals surface area contributed by atoms with Crippen molar-refractivity contribution < 1.29 is 0 Å². The highest BCUT2D eigenvalue weighted by Crippen LogP contribution is 2.17. The SMILES string of the molecule is CC(C)N1CCC(CN)CC1.Cl.Cl. The average molecular weight is 229 g/mol. The van der Waals surface area contributed by atoms with Gasteiger partial charge in [0.1, 0.15) is 0 Å². The van der Waals surface area contributed by atoms with Crippen molar-refractivity contribution in [2.75, 3.05) is 19.6 Å². The van der Waals surface area contributed by atoms with Crippen molar-refractivity contribution in [2.24, 2.45) is 11.7 Å². The Morgan fingerprint density at radius 1 is 1.23 bits per heavy atom. The van der Waals surface area contributed by atoms with Crippen molar-refractivity contribution in [1.29, 1.82) is 0 Å². The highest BCUT2D eigenvalue weighted by molar-refractivity contribution is 5.85. The van der Waals surface area contributed by atoms with Crippen LogP contribution in [0.3, 0.4) is 0 Å². The fourth-order valence-electron chi connectivity index (χ4n) is 1.71. The Morgan fingerprint density at radius 2 is 1.69 bits per heavy atom. The molecule has 82 valence electrons. The molecule has 4 heteroatoms. The van der Waals surface area contributed by atoms with Gasteiger partial charge in [-0.05, 0) is 52.2 Å². The van der Waals surface area contributed by atoms with Gasteiger partial charge in [-0.25, -0.2) is 0 Å². The Kier molecular flexibility index (Phi) is 9.65. The fourth-order valence-corrected chi connectivity index (χ4v) is 1.71. The largest absolute Gasteiger partial charge is 0.330 e. The first kappa shape index (κ1) is 15.9. The number of hydrogen-bond donors (Lipinski definition) is 1. The molecule has 0 aromatic heterocycles. The summed E-state index contributed by atoms with van der Waals surface area (Å²) < 4.78 is 0. The number of nitrogens with two attached hydrogens (primary N) is 1. The van der Waals surface area contributed by atoms with Crippen LogP contribution in [0.2, 0.25) is 0 Å². The molecule has 0 radical (unpaired) electrons. The number of likely N-dealkylation sites (tertiary alicyclic amines) is 1. The number of hydrogen-bond acceptors (Lipinski definition) is 2. The van der Waals surface area contributed by atoms with Crippen LogP contribution in [0.25, 0.3) is 0 Å². The summed E-state index contributed by atoms with van der Waals surface area (Å²) in [6.45, 7) is 7.91. The van der Waals surface area contributed by atoms with Crippen molar-refractivity contribution in [3.63, 3.8) is 0 Å². The zero-order chi connectivity index (χ0) is 8.27. The summed E-state index contributed by atoms with van der Waals surface area (Å²) in [7, 11) is 0. The second kappa shape index (κ2) is 7.86. The molecule has 0 unspecified atom stereocenters. The van der Waals surface area contributed by atoms with Crippen LogP contribution in [0, 0.1) is 5.92 Å². The summed E-state index contributed by atoms with van der Waals surface area (Å²) in [5.41, 5.74) is 5.61. The number of rotatable bonds is 2. The molecule has 1 rings (SSSR count). The van der Waals surface area contributed by atoms with Crippen molar-refractivity contribution in [2.45, 2.75) is 32.7 Å². The van der Waals surface area contributed by atoms with Crippen molar-refractivity contribution in [3.8, 4) is 0 Å². The van der Waals surface area contributed by atoms with Crippen LogP contribution in [-0.4, -0.2) is 30.6 Å². The normalized spacial score (nSPS) is 19.4. The number of nitrogens with zero attached hydrogens (tertiary/aromatic N) is 1. The van der Waals surface area contributed by atoms with Gasteiger partial charge in [-0.2, -0.15) is 0 Å². The molecule has 1 fully saturated rings. The van der Waals surface area contributed by atoms with Gasteiger partial charge in [0.15, 0.2) is 0 Å². The predicted octanol–water partition coefficient (Wildman–Crippen LogP) is 1.91. The van der Waals surface area contributed by atoms with E-state index in [0.29, 0.717) is 6.04 Å². The van der Waals surface area contributed by atoms with Crippen LogP contribution < -0.4 is 5.73 Å². The van der Waals surface area contributed by atoms with Gasteiger partial charge < -0.3 is 10.6 Å². The van der Waals surface area contributed by atoms with Crippen molar-refractivity contribution in [3.05, 3.63) is 0 Å². The van der Waals surface area contributed by atoms with Crippen LogP contribution in [0.4, 0.5) is 0 Å². The molecule has 0 saturated carbocycles. The van der Waals surface area contributed by atoms with Crippen LogP contribution >= 0.6 is 24.8 Å². The second-order valence-electron chi connectivity index (χ2n) is 3.81. The van der Waals surface area contributed by atoms with Gasteiger partial charge in [-0.15, -0.1) is 24.8 Å². The van der Waals surface area contributed by atoms with Gasteiger partial charge in [0.05, 0.1) is 0 Å². The Morgan fingerprint density at radius 3 is 2.00 bits per heavy atom. The maximum absolute atomic E-state index is 5.61. The number of halogens is 2. The lowest BCUT2D eigenvalue weighted by Crippen LogP contribution is -2.40. The number of piperidine rings is 1. The lowest BCUT2D eigenvalue weighted by atomic mass is 9.96. The smallest absolute Gasteiger partial charge is 0.00385 e. The molecule has 2 N–H and O–H groups in total. The van der Waals surface area contributed by atoms with E-state index in [1.165, 1.54) is 25.9 Å². The molecule has 0 bridgehead atoms. The average Bonchev–Trinajstić information content (AvgIpc) is 2.05. The monoisotopic (exact) mass is 228 g/mol. The van der Waals surface area contributed by atoms with Gasteiger partial charge in [0.2, 0.25) is 0 Å². The summed E-state index contributed by atoms with van der Waals surface area (Å²) in [6.07, 6.45) is 2.60. The first-order valence-corrected chi connectivity index (χ1v) is 4.68. The van der Waals surface area contributed by atoms with E-state index in [1.54, 1.807) is 0 Å². The van der Waals surface area contributed by atoms with E-state index in [0.717, 1.165) is 12.5 Å². The van der Waals surface area contributed by atoms with E-state index in [4.69, 9.17) is 5.73 Å². The molecule has 2 nitrogen and oxygen atoms in total. The lowest BCUT2D eigenvalue weighted by Gasteiger charge is -2.34. The molecule has 1 heterocycles. The quantitative estimate of drug-likeness (QED) is 0.783. The summed E-state index contributed by atoms with van der Waals surface area (Å²) in [6, 6.07) is 0.716. The molecule has 0 amide bonds. The molecule has 0 spiro atoms. The minimum Gasteiger partial charge on any atom is -0.330 e. The topological polar surface area (TPSA) is 29.3 Å². The Hall–Kier alpha value is 0.500. The molecule has 0 aromatic rings. The van der Waals surface area contributed by atoms with Gasteiger partial charge in [0.25, 0.3) is 0 Å². The van der Waals surface area contributed by atoms with Crippen molar-refractivity contribution >= 4 is 24.8 Å². The van der Waals surface area contributed by atoms with Crippen LogP contribution in [-0.2, 0) is 0 Å². The predicted molar refractivity (Wildman–Crippen MR) is 63.0 cm³/mol. The van der Waals surface area contributed by atoms with Gasteiger partial charge in [0, 0.05) is 6.04 Å². The molecule has 1 saturated heterocycles. The molecule has 0 atom stereocenters. The Bertz CT molecular complexity index is 112. The maximum atomic E-state index is 5.61. The first-order valence-electron chi connectivity index (χ1n) is 4.68. The molecule has 1 aliphatic rings. The van der Waals surface area contributed by atoms with Gasteiger partial charge in [-0.3, -0.25) is 0 Å². The van der Waals surface area contributed by atoms with Gasteiger partial charge in [-0.1, -0.05) is 0 Å². The standard InChI is InChI=1S/C9H20N2.2ClH/c1-8(2)11-5-3-9(7-10)4-6-11;;/h8-9H,3-7,10H2,1-2H3;2*1H.